The van der Waals surface area contributed by atoms with E-state index in [1.807, 2.05) is 28.6 Å². The average molecular weight is 259 g/mol. The van der Waals surface area contributed by atoms with E-state index in [0.717, 1.165) is 6.42 Å². The lowest BCUT2D eigenvalue weighted by Crippen LogP contribution is -2.34. The zero-order valence-electron chi connectivity index (χ0n) is 12.0. The Kier molecular flexibility index (Phi) is 7.51. The van der Waals surface area contributed by atoms with Gasteiger partial charge < -0.3 is 20.3 Å². The summed E-state index contributed by atoms with van der Waals surface area (Å²) in [6.45, 7) is 7.49. The summed E-state index contributed by atoms with van der Waals surface area (Å²) in [5, 5.41) is 8.64. The van der Waals surface area contributed by atoms with Crippen molar-refractivity contribution in [2.75, 3.05) is 19.8 Å². The van der Waals surface area contributed by atoms with Gasteiger partial charge in [-0.15, -0.1) is 0 Å². The highest BCUT2D eigenvalue weighted by atomic mass is 16.5. The second kappa shape index (κ2) is 7.76. The van der Waals surface area contributed by atoms with Crippen molar-refractivity contribution in [2.24, 2.45) is 5.73 Å². The van der Waals surface area contributed by atoms with E-state index in [1.54, 1.807) is 0 Å². The van der Waals surface area contributed by atoms with Crippen molar-refractivity contribution in [1.29, 1.82) is 0 Å². The van der Waals surface area contributed by atoms with Crippen molar-refractivity contribution >= 4 is 13.8 Å². The number of ether oxygens (including phenoxy) is 2. The quantitative estimate of drug-likeness (QED) is 0.553. The predicted molar refractivity (Wildman–Crippen MR) is 73.5 cm³/mol. The van der Waals surface area contributed by atoms with E-state index in [0.29, 0.717) is 26.2 Å². The van der Waals surface area contributed by atoms with E-state index >= 15 is 0 Å². The summed E-state index contributed by atoms with van der Waals surface area (Å²) in [7, 11) is 1.91. The molecule has 0 rings (SSSR count). The number of hydrogen-bond donors (Lipinski definition) is 2. The maximum Gasteiger partial charge on any atom is 0.303 e. The monoisotopic (exact) mass is 259 g/mol. The van der Waals surface area contributed by atoms with Gasteiger partial charge in [-0.2, -0.15) is 0 Å². The molecule has 3 N–H and O–H groups in total. The molecule has 0 radical (unpaired) electrons. The van der Waals surface area contributed by atoms with Gasteiger partial charge in [0.05, 0.1) is 12.2 Å². The first-order valence-corrected chi connectivity index (χ1v) is 6.38. The second-order valence-electron chi connectivity index (χ2n) is 5.65. The van der Waals surface area contributed by atoms with Gasteiger partial charge in [0.2, 0.25) is 0 Å². The third-order valence-electron chi connectivity index (χ3n) is 2.75. The minimum atomic E-state index is -0.793. The topological polar surface area (TPSA) is 81.8 Å². The Balaban J connectivity index is 3.90. The molecule has 0 saturated heterocycles. The van der Waals surface area contributed by atoms with Crippen molar-refractivity contribution in [2.45, 2.75) is 51.1 Å². The molecule has 0 aliphatic carbocycles. The molecule has 1 atom stereocenters. The molecule has 0 aliphatic rings. The average Bonchev–Trinajstić information content (AvgIpc) is 2.23. The van der Waals surface area contributed by atoms with Crippen LogP contribution in [0.3, 0.4) is 0 Å². The fourth-order valence-electron chi connectivity index (χ4n) is 1.46. The largest absolute Gasteiger partial charge is 0.481 e. The molecule has 0 aromatic rings. The number of carboxylic acid groups (broad SMARTS) is 1. The molecule has 0 amide bonds. The predicted octanol–water partition coefficient (Wildman–Crippen LogP) is 0.361. The lowest BCUT2D eigenvalue weighted by molar-refractivity contribution is -0.138. The normalized spacial score (nSPS) is 15.3. The Hall–Kier alpha value is -0.585. The van der Waals surface area contributed by atoms with Gasteiger partial charge in [0, 0.05) is 25.1 Å². The first-order valence-electron chi connectivity index (χ1n) is 6.38. The van der Waals surface area contributed by atoms with Crippen LogP contribution in [0, 0.1) is 0 Å². The number of carboxylic acids is 1. The minimum absolute atomic E-state index is 0.125. The molecule has 0 aliphatic heterocycles. The zero-order chi connectivity index (χ0) is 14.2. The molecule has 0 aromatic heterocycles. The SMILES string of the molecule is BC(C)(CCC(=O)O)OCCC(C)(C)OCCN. The fraction of sp³-hybridized carbons (Fsp3) is 0.917. The van der Waals surface area contributed by atoms with E-state index in [1.165, 1.54) is 0 Å². The molecule has 0 heterocycles. The molecule has 0 saturated carbocycles. The van der Waals surface area contributed by atoms with Crippen LogP contribution < -0.4 is 5.73 Å². The van der Waals surface area contributed by atoms with Crippen molar-refractivity contribution in [3.63, 3.8) is 0 Å². The van der Waals surface area contributed by atoms with Gasteiger partial charge in [0.1, 0.15) is 7.85 Å². The van der Waals surface area contributed by atoms with Gasteiger partial charge in [0.25, 0.3) is 0 Å². The highest BCUT2D eigenvalue weighted by Crippen LogP contribution is 2.18. The third-order valence-corrected chi connectivity index (χ3v) is 2.75. The summed E-state index contributed by atoms with van der Waals surface area (Å²) in [4.78, 5) is 10.5. The van der Waals surface area contributed by atoms with Gasteiger partial charge in [0.15, 0.2) is 0 Å². The summed E-state index contributed by atoms with van der Waals surface area (Å²) in [5.41, 5.74) is 4.71. The van der Waals surface area contributed by atoms with Crippen LogP contribution in [0.25, 0.3) is 0 Å². The third kappa shape index (κ3) is 9.45. The number of carbonyl (C=O) groups is 1. The zero-order valence-corrected chi connectivity index (χ0v) is 12.0. The molecule has 0 spiro atoms. The van der Waals surface area contributed by atoms with Crippen LogP contribution in [0.1, 0.15) is 40.0 Å². The van der Waals surface area contributed by atoms with Crippen molar-refractivity contribution in [3.8, 4) is 0 Å². The number of aliphatic carboxylic acids is 1. The van der Waals surface area contributed by atoms with Crippen LogP contribution in [-0.4, -0.2) is 49.8 Å². The molecular weight excluding hydrogens is 233 g/mol. The summed E-state index contributed by atoms with van der Waals surface area (Å²) < 4.78 is 11.3. The van der Waals surface area contributed by atoms with Gasteiger partial charge in [-0.25, -0.2) is 0 Å². The number of rotatable bonds is 10. The minimum Gasteiger partial charge on any atom is -0.481 e. The van der Waals surface area contributed by atoms with E-state index < -0.39 is 11.5 Å². The maximum atomic E-state index is 10.5. The van der Waals surface area contributed by atoms with Crippen molar-refractivity contribution in [3.05, 3.63) is 0 Å². The molecule has 18 heavy (non-hydrogen) atoms. The molecule has 106 valence electrons. The molecule has 6 heteroatoms. The van der Waals surface area contributed by atoms with Crippen LogP contribution in [0.4, 0.5) is 0 Å². The molecule has 1 unspecified atom stereocenters. The van der Waals surface area contributed by atoms with Crippen molar-refractivity contribution < 1.29 is 19.4 Å². The Labute approximate surface area is 110 Å². The summed E-state index contributed by atoms with van der Waals surface area (Å²) >= 11 is 0. The van der Waals surface area contributed by atoms with E-state index in [-0.39, 0.29) is 12.0 Å². The van der Waals surface area contributed by atoms with Gasteiger partial charge in [-0.05, 0) is 33.6 Å². The van der Waals surface area contributed by atoms with Crippen molar-refractivity contribution in [1.82, 2.24) is 0 Å². The highest BCUT2D eigenvalue weighted by Gasteiger charge is 2.23. The molecule has 0 aromatic carbocycles. The van der Waals surface area contributed by atoms with Crippen LogP contribution >= 0.6 is 0 Å². The lowest BCUT2D eigenvalue weighted by Gasteiger charge is -2.29. The van der Waals surface area contributed by atoms with E-state index in [2.05, 4.69) is 0 Å². The fourth-order valence-corrected chi connectivity index (χ4v) is 1.46. The summed E-state index contributed by atoms with van der Waals surface area (Å²) in [6, 6.07) is 0. The Morgan fingerprint density at radius 2 is 1.83 bits per heavy atom. The highest BCUT2D eigenvalue weighted by molar-refractivity contribution is 6.14. The Morgan fingerprint density at radius 1 is 1.22 bits per heavy atom. The van der Waals surface area contributed by atoms with Gasteiger partial charge >= 0.3 is 5.97 Å². The first kappa shape index (κ1) is 17.4. The Bertz CT molecular complexity index is 256. The van der Waals surface area contributed by atoms with Gasteiger partial charge in [-0.3, -0.25) is 4.79 Å². The molecule has 5 nitrogen and oxygen atoms in total. The van der Waals surface area contributed by atoms with Gasteiger partial charge in [-0.1, -0.05) is 0 Å². The van der Waals surface area contributed by atoms with E-state index in [4.69, 9.17) is 20.3 Å². The summed E-state index contributed by atoms with van der Waals surface area (Å²) in [6.07, 6.45) is 1.38. The molecular formula is C12H26BNO4. The second-order valence-corrected chi connectivity index (χ2v) is 5.65. The van der Waals surface area contributed by atoms with Crippen LogP contribution in [0.15, 0.2) is 0 Å². The maximum absolute atomic E-state index is 10.5. The summed E-state index contributed by atoms with van der Waals surface area (Å²) in [5.74, 6) is -0.793. The molecule has 0 fully saturated rings. The number of nitrogens with two attached hydrogens (primary N) is 1. The van der Waals surface area contributed by atoms with Crippen LogP contribution in [-0.2, 0) is 14.3 Å². The number of hydrogen-bond acceptors (Lipinski definition) is 4. The Morgan fingerprint density at radius 3 is 2.33 bits per heavy atom. The van der Waals surface area contributed by atoms with Crippen LogP contribution in [0.5, 0.6) is 0 Å². The molecule has 0 bridgehead atoms. The van der Waals surface area contributed by atoms with Crippen LogP contribution in [0.2, 0.25) is 0 Å². The lowest BCUT2D eigenvalue weighted by atomic mass is 9.79. The smallest absolute Gasteiger partial charge is 0.303 e. The van der Waals surface area contributed by atoms with E-state index in [9.17, 15) is 4.79 Å². The standard InChI is InChI=1S/C12H26BNO4/c1-11(2,17-9-7-14)6-8-18-12(3,13)5-4-10(15)16/h4-9,13-14H2,1-3H3,(H,15,16). The first-order chi connectivity index (χ1) is 8.18.